The van der Waals surface area contributed by atoms with Crippen molar-refractivity contribution in [2.45, 2.75) is 40.0 Å². The van der Waals surface area contributed by atoms with Crippen LogP contribution in [0.25, 0.3) is 0 Å². The van der Waals surface area contributed by atoms with E-state index in [1.54, 1.807) is 0 Å². The van der Waals surface area contributed by atoms with Crippen molar-refractivity contribution in [1.29, 1.82) is 0 Å². The lowest BCUT2D eigenvalue weighted by molar-refractivity contribution is 0.412. The number of nitrogens with two attached hydrogens (primary N) is 1. The number of hydrogen-bond acceptors (Lipinski definition) is 6. The van der Waals surface area contributed by atoms with Crippen LogP contribution in [0.3, 0.4) is 0 Å². The minimum Gasteiger partial charge on any atom is -0.355 e. The van der Waals surface area contributed by atoms with Crippen LogP contribution < -0.4 is 16.2 Å². The molecule has 1 aromatic rings. The van der Waals surface area contributed by atoms with Gasteiger partial charge in [0.25, 0.3) is 0 Å². The molecule has 0 unspecified atom stereocenters. The van der Waals surface area contributed by atoms with Gasteiger partial charge in [-0.15, -0.1) is 0 Å². The topological polar surface area (TPSA) is 70.3 Å². The summed E-state index contributed by atoms with van der Waals surface area (Å²) in [7, 11) is 4.17. The molecular weight excluding hydrogens is 264 g/mol. The highest BCUT2D eigenvalue weighted by molar-refractivity contribution is 5.58. The van der Waals surface area contributed by atoms with Gasteiger partial charge in [0.2, 0.25) is 0 Å². The first kappa shape index (κ1) is 17.7. The zero-order chi connectivity index (χ0) is 16.0. The first-order valence-electron chi connectivity index (χ1n) is 7.65. The summed E-state index contributed by atoms with van der Waals surface area (Å²) >= 11 is 0. The number of hydrazine groups is 1. The quantitative estimate of drug-likeness (QED) is 0.564. The fourth-order valence-corrected chi connectivity index (χ4v) is 2.14. The molecule has 0 aliphatic carbocycles. The summed E-state index contributed by atoms with van der Waals surface area (Å²) in [6.45, 7) is 11.3. The van der Waals surface area contributed by atoms with E-state index in [1.165, 1.54) is 0 Å². The van der Waals surface area contributed by atoms with Gasteiger partial charge in [-0.3, -0.25) is 0 Å². The van der Waals surface area contributed by atoms with Gasteiger partial charge in [0.1, 0.15) is 17.5 Å². The van der Waals surface area contributed by atoms with Gasteiger partial charge in [-0.1, -0.05) is 20.8 Å². The molecule has 0 bridgehead atoms. The van der Waals surface area contributed by atoms with Gasteiger partial charge < -0.3 is 15.2 Å². The molecule has 6 heteroatoms. The van der Waals surface area contributed by atoms with E-state index >= 15 is 0 Å². The van der Waals surface area contributed by atoms with Crippen molar-refractivity contribution < 1.29 is 0 Å². The van der Waals surface area contributed by atoms with Crippen molar-refractivity contribution in [3.8, 4) is 0 Å². The van der Waals surface area contributed by atoms with Crippen LogP contribution in [0.2, 0.25) is 0 Å². The predicted octanol–water partition coefficient (Wildman–Crippen LogP) is 1.97. The van der Waals surface area contributed by atoms with E-state index in [4.69, 9.17) is 10.8 Å². The molecule has 0 aliphatic rings. The molecule has 0 fully saturated rings. The molecule has 120 valence electrons. The van der Waals surface area contributed by atoms with E-state index in [1.807, 2.05) is 6.92 Å². The second kappa shape index (κ2) is 8.14. The summed E-state index contributed by atoms with van der Waals surface area (Å²) in [6.07, 6.45) is 1.08. The standard InChI is InChI=1S/C15H30N6/c1-7-8-21(10-9-20(5)6)15-12(4)14(19-16)17-13(18-15)11(2)3/h11H,7-10,16H2,1-6H3,(H,17,18,19). The number of hydrogen-bond donors (Lipinski definition) is 2. The Kier molecular flexibility index (Phi) is 6.84. The average molecular weight is 294 g/mol. The fourth-order valence-electron chi connectivity index (χ4n) is 2.14. The number of anilines is 2. The highest BCUT2D eigenvalue weighted by Crippen LogP contribution is 2.25. The molecule has 6 nitrogen and oxygen atoms in total. The lowest BCUT2D eigenvalue weighted by atomic mass is 10.2. The zero-order valence-corrected chi connectivity index (χ0v) is 14.3. The SMILES string of the molecule is CCCN(CCN(C)C)c1nc(C(C)C)nc(NN)c1C. The average Bonchev–Trinajstić information content (AvgIpc) is 2.43. The smallest absolute Gasteiger partial charge is 0.148 e. The van der Waals surface area contributed by atoms with Crippen molar-refractivity contribution >= 4 is 11.6 Å². The molecule has 0 aliphatic heterocycles. The van der Waals surface area contributed by atoms with Gasteiger partial charge >= 0.3 is 0 Å². The van der Waals surface area contributed by atoms with E-state index in [9.17, 15) is 0 Å². The Hall–Kier alpha value is -1.40. The molecule has 0 saturated carbocycles. The number of aromatic nitrogens is 2. The summed E-state index contributed by atoms with van der Waals surface area (Å²) in [5.41, 5.74) is 3.71. The minimum absolute atomic E-state index is 0.272. The Morgan fingerprint density at radius 2 is 1.81 bits per heavy atom. The number of nitrogens with zero attached hydrogens (tertiary/aromatic N) is 4. The van der Waals surface area contributed by atoms with Crippen LogP contribution in [0, 0.1) is 6.92 Å². The van der Waals surface area contributed by atoms with Crippen molar-refractivity contribution in [2.24, 2.45) is 5.84 Å². The van der Waals surface area contributed by atoms with E-state index in [-0.39, 0.29) is 5.92 Å². The predicted molar refractivity (Wildman–Crippen MR) is 89.7 cm³/mol. The maximum absolute atomic E-state index is 5.62. The van der Waals surface area contributed by atoms with Crippen molar-refractivity contribution in [2.75, 3.05) is 44.1 Å². The fraction of sp³-hybridized carbons (Fsp3) is 0.733. The molecule has 0 aromatic carbocycles. The van der Waals surface area contributed by atoms with Crippen LogP contribution in [0.4, 0.5) is 11.6 Å². The van der Waals surface area contributed by atoms with E-state index in [0.29, 0.717) is 0 Å². The molecule has 0 radical (unpaired) electrons. The van der Waals surface area contributed by atoms with Gasteiger partial charge in [-0.25, -0.2) is 15.8 Å². The monoisotopic (exact) mass is 294 g/mol. The largest absolute Gasteiger partial charge is 0.355 e. The molecule has 1 aromatic heterocycles. The van der Waals surface area contributed by atoms with Crippen LogP contribution >= 0.6 is 0 Å². The van der Waals surface area contributed by atoms with Gasteiger partial charge in [-0.2, -0.15) is 0 Å². The summed E-state index contributed by atoms with van der Waals surface area (Å²) in [5, 5.41) is 0. The Balaban J connectivity index is 3.18. The summed E-state index contributed by atoms with van der Waals surface area (Å²) in [4.78, 5) is 13.8. The molecule has 0 saturated heterocycles. The maximum Gasteiger partial charge on any atom is 0.148 e. The van der Waals surface area contributed by atoms with Gasteiger partial charge in [-0.05, 0) is 27.4 Å². The highest BCUT2D eigenvalue weighted by atomic mass is 15.3. The third-order valence-electron chi connectivity index (χ3n) is 3.40. The Labute approximate surface area is 128 Å². The lowest BCUT2D eigenvalue weighted by Crippen LogP contribution is -2.34. The third-order valence-corrected chi connectivity index (χ3v) is 3.40. The minimum atomic E-state index is 0.272. The van der Waals surface area contributed by atoms with Gasteiger partial charge in [0.05, 0.1) is 0 Å². The molecule has 21 heavy (non-hydrogen) atoms. The summed E-state index contributed by atoms with van der Waals surface area (Å²) < 4.78 is 0. The normalized spacial score (nSPS) is 11.3. The highest BCUT2D eigenvalue weighted by Gasteiger charge is 2.17. The van der Waals surface area contributed by atoms with E-state index in [0.717, 1.165) is 49.1 Å². The second-order valence-corrected chi connectivity index (χ2v) is 5.97. The lowest BCUT2D eigenvalue weighted by Gasteiger charge is -2.27. The zero-order valence-electron chi connectivity index (χ0n) is 14.3. The number of nitrogen functional groups attached to an aromatic ring is 1. The van der Waals surface area contributed by atoms with E-state index in [2.05, 4.69) is 55.1 Å². The number of nitrogens with one attached hydrogen (secondary N) is 1. The Bertz CT molecular complexity index is 444. The van der Waals surface area contributed by atoms with Gasteiger partial charge in [0.15, 0.2) is 0 Å². The molecule has 1 heterocycles. The summed E-state index contributed by atoms with van der Waals surface area (Å²) in [6, 6.07) is 0. The van der Waals surface area contributed by atoms with E-state index < -0.39 is 0 Å². The Morgan fingerprint density at radius 3 is 2.29 bits per heavy atom. The van der Waals surface area contributed by atoms with Crippen LogP contribution in [-0.2, 0) is 0 Å². The number of rotatable bonds is 8. The maximum atomic E-state index is 5.62. The van der Waals surface area contributed by atoms with Crippen LogP contribution in [0.5, 0.6) is 0 Å². The molecule has 0 amide bonds. The first-order valence-corrected chi connectivity index (χ1v) is 7.65. The second-order valence-electron chi connectivity index (χ2n) is 5.97. The molecule has 1 rings (SSSR count). The van der Waals surface area contributed by atoms with Crippen molar-refractivity contribution in [1.82, 2.24) is 14.9 Å². The first-order chi connectivity index (χ1) is 9.90. The molecular formula is C15H30N6. The third kappa shape index (κ3) is 4.82. The van der Waals surface area contributed by atoms with Crippen LogP contribution in [0.1, 0.15) is 44.5 Å². The molecule has 0 atom stereocenters. The molecule has 0 spiro atoms. The van der Waals surface area contributed by atoms with Crippen LogP contribution in [-0.4, -0.2) is 48.6 Å². The van der Waals surface area contributed by atoms with Crippen molar-refractivity contribution in [3.63, 3.8) is 0 Å². The Morgan fingerprint density at radius 1 is 1.14 bits per heavy atom. The van der Waals surface area contributed by atoms with Gasteiger partial charge in [0, 0.05) is 31.1 Å². The van der Waals surface area contributed by atoms with Crippen molar-refractivity contribution in [3.05, 3.63) is 11.4 Å². The summed E-state index contributed by atoms with van der Waals surface area (Å²) in [5.74, 6) is 8.43. The molecule has 3 N–H and O–H groups in total. The number of likely N-dealkylation sites (N-methyl/N-ethyl adjacent to an activating group) is 1. The van der Waals surface area contributed by atoms with Crippen LogP contribution in [0.15, 0.2) is 0 Å².